The van der Waals surface area contributed by atoms with Crippen molar-refractivity contribution in [1.29, 1.82) is 0 Å². The van der Waals surface area contributed by atoms with Gasteiger partial charge in [-0.3, -0.25) is 9.36 Å². The summed E-state index contributed by atoms with van der Waals surface area (Å²) >= 11 is 7.33. The number of methoxy groups -OCH3 is 2. The molecule has 10 heteroatoms. The molecule has 2 heterocycles. The second-order valence-corrected chi connectivity index (χ2v) is 12.0. The SMILES string of the molecule is CCOC(=O)C1=C(C)N=c2s/c(=C\c3c(OCc4ccc(Cl)cc4)ccc4ccccc34)c(=O)n2[C@@H]1c1ccc(OC)c(OC)c1. The lowest BCUT2D eigenvalue weighted by atomic mass is 9.95. The van der Waals surface area contributed by atoms with Crippen LogP contribution in [0, 0.1) is 0 Å². The maximum Gasteiger partial charge on any atom is 0.338 e. The molecule has 1 aromatic heterocycles. The van der Waals surface area contributed by atoms with Gasteiger partial charge in [0.15, 0.2) is 16.3 Å². The number of esters is 1. The van der Waals surface area contributed by atoms with Crippen LogP contribution in [0.5, 0.6) is 17.2 Å². The lowest BCUT2D eigenvalue weighted by Gasteiger charge is -2.25. The fourth-order valence-corrected chi connectivity index (χ4v) is 6.71. The van der Waals surface area contributed by atoms with Crippen molar-refractivity contribution in [3.05, 3.63) is 132 Å². The zero-order chi connectivity index (χ0) is 32.4. The second-order valence-electron chi connectivity index (χ2n) is 10.5. The number of allylic oxidation sites excluding steroid dienone is 1. The number of halogens is 1. The molecular weight excluding hydrogens is 624 g/mol. The Kier molecular flexibility index (Phi) is 8.96. The van der Waals surface area contributed by atoms with Gasteiger partial charge in [0, 0.05) is 10.6 Å². The largest absolute Gasteiger partial charge is 0.493 e. The van der Waals surface area contributed by atoms with Crippen LogP contribution < -0.4 is 29.1 Å². The lowest BCUT2D eigenvalue weighted by Crippen LogP contribution is -2.40. The fourth-order valence-electron chi connectivity index (χ4n) is 5.55. The second kappa shape index (κ2) is 13.2. The minimum atomic E-state index is -0.801. The Balaban J connectivity index is 1.53. The van der Waals surface area contributed by atoms with Gasteiger partial charge >= 0.3 is 5.97 Å². The molecule has 0 bridgehead atoms. The molecule has 8 nitrogen and oxygen atoms in total. The molecule has 1 aliphatic rings. The zero-order valence-corrected chi connectivity index (χ0v) is 27.3. The molecule has 0 radical (unpaired) electrons. The van der Waals surface area contributed by atoms with Gasteiger partial charge in [-0.15, -0.1) is 0 Å². The molecule has 0 fully saturated rings. The number of ether oxygens (including phenoxy) is 4. The van der Waals surface area contributed by atoms with E-state index in [1.807, 2.05) is 72.8 Å². The molecule has 0 N–H and O–H groups in total. The van der Waals surface area contributed by atoms with Crippen LogP contribution in [0.4, 0.5) is 0 Å². The number of thiazole rings is 1. The molecule has 234 valence electrons. The van der Waals surface area contributed by atoms with Crippen molar-refractivity contribution in [2.75, 3.05) is 20.8 Å². The summed E-state index contributed by atoms with van der Waals surface area (Å²) in [4.78, 5) is 32.9. The Morgan fingerprint density at radius 2 is 1.72 bits per heavy atom. The van der Waals surface area contributed by atoms with Gasteiger partial charge in [0.25, 0.3) is 5.56 Å². The van der Waals surface area contributed by atoms with E-state index in [4.69, 9.17) is 35.5 Å². The third-order valence-electron chi connectivity index (χ3n) is 7.75. The molecule has 1 aliphatic heterocycles. The van der Waals surface area contributed by atoms with Crippen LogP contribution in [0.3, 0.4) is 0 Å². The van der Waals surface area contributed by atoms with Gasteiger partial charge in [-0.2, -0.15) is 0 Å². The third kappa shape index (κ3) is 5.91. The van der Waals surface area contributed by atoms with E-state index in [2.05, 4.69) is 0 Å². The number of hydrogen-bond acceptors (Lipinski definition) is 8. The Morgan fingerprint density at radius 1 is 0.978 bits per heavy atom. The van der Waals surface area contributed by atoms with E-state index in [0.29, 0.717) is 49.5 Å². The minimum absolute atomic E-state index is 0.179. The predicted molar refractivity (Wildman–Crippen MR) is 180 cm³/mol. The monoisotopic (exact) mass is 654 g/mol. The highest BCUT2D eigenvalue weighted by Crippen LogP contribution is 2.36. The highest BCUT2D eigenvalue weighted by Gasteiger charge is 2.34. The number of fused-ring (bicyclic) bond motifs is 2. The maximum atomic E-state index is 14.4. The number of rotatable bonds is 9. The first-order chi connectivity index (χ1) is 22.3. The fraction of sp³-hybridized carbons (Fsp3) is 0.194. The van der Waals surface area contributed by atoms with Crippen molar-refractivity contribution in [3.63, 3.8) is 0 Å². The van der Waals surface area contributed by atoms with Crippen LogP contribution in [-0.4, -0.2) is 31.4 Å². The number of nitrogens with zero attached hydrogens (tertiary/aromatic N) is 2. The van der Waals surface area contributed by atoms with E-state index in [0.717, 1.165) is 21.9 Å². The van der Waals surface area contributed by atoms with Gasteiger partial charge < -0.3 is 18.9 Å². The van der Waals surface area contributed by atoms with E-state index < -0.39 is 12.0 Å². The summed E-state index contributed by atoms with van der Waals surface area (Å²) in [5.74, 6) is 1.08. The lowest BCUT2D eigenvalue weighted by molar-refractivity contribution is -0.139. The molecule has 4 aromatic carbocycles. The van der Waals surface area contributed by atoms with Crippen LogP contribution in [0.15, 0.2) is 99.9 Å². The Bertz CT molecular complexity index is 2170. The van der Waals surface area contributed by atoms with Crippen LogP contribution in [0.25, 0.3) is 16.8 Å². The highest BCUT2D eigenvalue weighted by atomic mass is 35.5. The third-order valence-corrected chi connectivity index (χ3v) is 8.99. The van der Waals surface area contributed by atoms with Crippen LogP contribution in [-0.2, 0) is 16.1 Å². The number of benzene rings is 4. The first kappa shape index (κ1) is 31.1. The zero-order valence-electron chi connectivity index (χ0n) is 25.7. The van der Waals surface area contributed by atoms with Gasteiger partial charge in [0.2, 0.25) is 0 Å². The molecule has 0 aliphatic carbocycles. The maximum absolute atomic E-state index is 14.4. The number of hydrogen-bond donors (Lipinski definition) is 0. The van der Waals surface area contributed by atoms with Crippen molar-refractivity contribution >= 4 is 45.8 Å². The summed E-state index contributed by atoms with van der Waals surface area (Å²) in [5, 5.41) is 2.59. The number of aromatic nitrogens is 1. The normalized spacial score (nSPS) is 14.5. The highest BCUT2D eigenvalue weighted by molar-refractivity contribution is 7.07. The Labute approximate surface area is 274 Å². The summed E-state index contributed by atoms with van der Waals surface area (Å²) in [5.41, 5.74) is 2.84. The molecule has 0 unspecified atom stereocenters. The Hall–Kier alpha value is -4.86. The van der Waals surface area contributed by atoms with E-state index in [9.17, 15) is 9.59 Å². The van der Waals surface area contributed by atoms with E-state index in [1.165, 1.54) is 18.4 Å². The number of carbonyl (C=O) groups is 1. The standard InChI is InChI=1S/C36H31ClN2O6S/c1-5-44-35(41)32-21(2)38-36-39(33(32)24-13-17-29(42-3)30(18-24)43-4)34(40)31(46-36)19-27-26-9-7-6-8-23(26)12-16-28(27)45-20-22-10-14-25(37)15-11-22/h6-19,33H,5,20H2,1-4H3/b31-19-/t33-/m1/s1. The molecule has 5 aromatic rings. The van der Waals surface area contributed by atoms with Gasteiger partial charge in [0.05, 0.1) is 42.7 Å². The quantitative estimate of drug-likeness (QED) is 0.176. The predicted octanol–water partition coefficient (Wildman–Crippen LogP) is 6.20. The summed E-state index contributed by atoms with van der Waals surface area (Å²) in [6.07, 6.45) is 1.85. The summed E-state index contributed by atoms with van der Waals surface area (Å²) in [6, 6.07) is 23.9. The van der Waals surface area contributed by atoms with E-state index in [1.54, 1.807) is 37.7 Å². The van der Waals surface area contributed by atoms with E-state index in [-0.39, 0.29) is 17.7 Å². The molecule has 1 atom stereocenters. The molecule has 0 saturated heterocycles. The summed E-state index contributed by atoms with van der Waals surface area (Å²) in [6.45, 7) is 3.99. The van der Waals surface area contributed by atoms with Gasteiger partial charge in [-0.25, -0.2) is 9.79 Å². The summed E-state index contributed by atoms with van der Waals surface area (Å²) in [7, 11) is 3.09. The smallest absolute Gasteiger partial charge is 0.338 e. The molecule has 0 amide bonds. The average Bonchev–Trinajstić information content (AvgIpc) is 3.37. The van der Waals surface area contributed by atoms with Crippen LogP contribution >= 0.6 is 22.9 Å². The average molecular weight is 655 g/mol. The Morgan fingerprint density at radius 3 is 2.46 bits per heavy atom. The van der Waals surface area contributed by atoms with E-state index >= 15 is 0 Å². The van der Waals surface area contributed by atoms with Crippen LogP contribution in [0.2, 0.25) is 5.02 Å². The van der Waals surface area contributed by atoms with Gasteiger partial charge in [-0.05, 0) is 72.2 Å². The summed E-state index contributed by atoms with van der Waals surface area (Å²) < 4.78 is 24.8. The van der Waals surface area contributed by atoms with Crippen molar-refractivity contribution in [1.82, 2.24) is 4.57 Å². The molecule has 0 spiro atoms. The van der Waals surface area contributed by atoms with Gasteiger partial charge in [-0.1, -0.05) is 71.5 Å². The minimum Gasteiger partial charge on any atom is -0.493 e. The molecular formula is C36H31ClN2O6S. The number of carbonyl (C=O) groups excluding carboxylic acids is 1. The van der Waals surface area contributed by atoms with Crippen LogP contribution in [0.1, 0.15) is 36.6 Å². The van der Waals surface area contributed by atoms with Crippen molar-refractivity contribution in [3.8, 4) is 17.2 Å². The first-order valence-electron chi connectivity index (χ1n) is 14.6. The molecule has 6 rings (SSSR count). The first-order valence-corrected chi connectivity index (χ1v) is 15.8. The van der Waals surface area contributed by atoms with Gasteiger partial charge in [0.1, 0.15) is 12.4 Å². The molecule has 46 heavy (non-hydrogen) atoms. The van der Waals surface area contributed by atoms with Crippen molar-refractivity contribution in [2.24, 2.45) is 4.99 Å². The van der Waals surface area contributed by atoms with Crippen molar-refractivity contribution < 1.29 is 23.7 Å². The molecule has 0 saturated carbocycles. The van der Waals surface area contributed by atoms with Crippen molar-refractivity contribution in [2.45, 2.75) is 26.5 Å². The topological polar surface area (TPSA) is 88.4 Å².